The lowest BCUT2D eigenvalue weighted by Crippen LogP contribution is -2.02. The van der Waals surface area contributed by atoms with Gasteiger partial charge in [0, 0.05) is 24.8 Å². The number of anilines is 1. The molecule has 0 aliphatic heterocycles. The molecule has 1 aromatic carbocycles. The summed E-state index contributed by atoms with van der Waals surface area (Å²) in [6, 6.07) is 9.92. The smallest absolute Gasteiger partial charge is 0.222 e. The molecule has 16 heavy (non-hydrogen) atoms. The maximum atomic E-state index is 5.77. The monoisotopic (exact) mass is 233 g/mol. The lowest BCUT2D eigenvalue weighted by atomic mass is 10.1. The summed E-state index contributed by atoms with van der Waals surface area (Å²) >= 11 is 5.77. The molecule has 0 saturated carbocycles. The van der Waals surface area contributed by atoms with Crippen molar-refractivity contribution >= 4 is 17.5 Å². The van der Waals surface area contributed by atoms with Gasteiger partial charge in [-0.2, -0.15) is 0 Å². The first-order valence-corrected chi connectivity index (χ1v) is 5.56. The van der Waals surface area contributed by atoms with Crippen molar-refractivity contribution in [1.29, 1.82) is 0 Å². The highest BCUT2D eigenvalue weighted by Gasteiger charge is 1.96. The van der Waals surface area contributed by atoms with Crippen LogP contribution in [-0.2, 0) is 12.4 Å². The van der Waals surface area contributed by atoms with E-state index >= 15 is 0 Å². The van der Waals surface area contributed by atoms with E-state index in [1.807, 2.05) is 18.2 Å². The number of nitrogens with zero attached hydrogens (tertiary/aromatic N) is 2. The molecule has 0 saturated heterocycles. The minimum Gasteiger partial charge on any atom is -0.350 e. The third-order valence-electron chi connectivity index (χ3n) is 2.16. The molecule has 1 aromatic heterocycles. The molecule has 0 spiro atoms. The van der Waals surface area contributed by atoms with Gasteiger partial charge in [-0.15, -0.1) is 11.6 Å². The van der Waals surface area contributed by atoms with E-state index in [1.54, 1.807) is 18.5 Å². The predicted molar refractivity (Wildman–Crippen MR) is 65.4 cm³/mol. The minimum atomic E-state index is 0.537. The second-order valence-electron chi connectivity index (χ2n) is 3.38. The summed E-state index contributed by atoms with van der Waals surface area (Å²) in [5.74, 6) is 1.18. The summed E-state index contributed by atoms with van der Waals surface area (Å²) < 4.78 is 0. The fourth-order valence-corrected chi connectivity index (χ4v) is 1.56. The van der Waals surface area contributed by atoms with Gasteiger partial charge in [-0.1, -0.05) is 24.3 Å². The number of aromatic nitrogens is 2. The first kappa shape index (κ1) is 10.9. The highest BCUT2D eigenvalue weighted by molar-refractivity contribution is 6.17. The molecule has 0 unspecified atom stereocenters. The Kier molecular flexibility index (Phi) is 3.72. The molecule has 4 heteroatoms. The Morgan fingerprint density at radius 1 is 1.06 bits per heavy atom. The summed E-state index contributed by atoms with van der Waals surface area (Å²) in [7, 11) is 0. The molecule has 0 atom stereocenters. The third-order valence-corrected chi connectivity index (χ3v) is 2.47. The number of halogens is 1. The number of nitrogens with one attached hydrogen (secondary N) is 1. The van der Waals surface area contributed by atoms with Crippen molar-refractivity contribution < 1.29 is 0 Å². The quantitative estimate of drug-likeness (QED) is 0.826. The standard InChI is InChI=1S/C12H12ClN3/c13-8-10-3-1-4-11(7-10)9-16-12-14-5-2-6-15-12/h1-7H,8-9H2,(H,14,15,16). The number of hydrogen-bond acceptors (Lipinski definition) is 3. The Hall–Kier alpha value is -1.61. The van der Waals surface area contributed by atoms with Crippen molar-refractivity contribution in [2.45, 2.75) is 12.4 Å². The van der Waals surface area contributed by atoms with E-state index in [0.717, 1.165) is 5.56 Å². The predicted octanol–water partition coefficient (Wildman–Crippen LogP) is 2.83. The van der Waals surface area contributed by atoms with E-state index in [4.69, 9.17) is 11.6 Å². The molecular formula is C12H12ClN3. The Labute approximate surface area is 99.5 Å². The van der Waals surface area contributed by atoms with Crippen LogP contribution in [0.1, 0.15) is 11.1 Å². The van der Waals surface area contributed by atoms with Gasteiger partial charge < -0.3 is 5.32 Å². The van der Waals surface area contributed by atoms with Gasteiger partial charge in [0.2, 0.25) is 5.95 Å². The number of benzene rings is 1. The maximum absolute atomic E-state index is 5.77. The van der Waals surface area contributed by atoms with Crippen LogP contribution in [0.5, 0.6) is 0 Å². The van der Waals surface area contributed by atoms with Crippen LogP contribution in [0.2, 0.25) is 0 Å². The summed E-state index contributed by atoms with van der Waals surface area (Å²) in [4.78, 5) is 8.18. The van der Waals surface area contributed by atoms with Crippen LogP contribution in [0.25, 0.3) is 0 Å². The fourth-order valence-electron chi connectivity index (χ4n) is 1.39. The summed E-state index contributed by atoms with van der Waals surface area (Å²) in [5.41, 5.74) is 2.29. The number of alkyl halides is 1. The lowest BCUT2D eigenvalue weighted by Gasteiger charge is -2.05. The van der Waals surface area contributed by atoms with Gasteiger partial charge >= 0.3 is 0 Å². The molecular weight excluding hydrogens is 222 g/mol. The highest BCUT2D eigenvalue weighted by Crippen LogP contribution is 2.09. The highest BCUT2D eigenvalue weighted by atomic mass is 35.5. The normalized spacial score (nSPS) is 10.1. The molecule has 0 bridgehead atoms. The van der Waals surface area contributed by atoms with E-state index in [9.17, 15) is 0 Å². The largest absolute Gasteiger partial charge is 0.350 e. The molecule has 82 valence electrons. The first-order valence-electron chi connectivity index (χ1n) is 5.03. The van der Waals surface area contributed by atoms with E-state index in [2.05, 4.69) is 21.4 Å². The Balaban J connectivity index is 1.99. The van der Waals surface area contributed by atoms with E-state index < -0.39 is 0 Å². The van der Waals surface area contributed by atoms with Gasteiger partial charge in [0.05, 0.1) is 0 Å². The van der Waals surface area contributed by atoms with E-state index in [-0.39, 0.29) is 0 Å². The average molecular weight is 234 g/mol. The average Bonchev–Trinajstić information content (AvgIpc) is 2.38. The third kappa shape index (κ3) is 2.94. The second-order valence-corrected chi connectivity index (χ2v) is 3.65. The lowest BCUT2D eigenvalue weighted by molar-refractivity contribution is 1.05. The van der Waals surface area contributed by atoms with Crippen molar-refractivity contribution in [2.24, 2.45) is 0 Å². The van der Waals surface area contributed by atoms with Crippen LogP contribution in [0.4, 0.5) is 5.95 Å². The first-order chi connectivity index (χ1) is 7.88. The molecule has 0 aliphatic rings. The molecule has 0 aliphatic carbocycles. The van der Waals surface area contributed by atoms with Crippen molar-refractivity contribution in [3.8, 4) is 0 Å². The number of hydrogen-bond donors (Lipinski definition) is 1. The zero-order valence-electron chi connectivity index (χ0n) is 8.73. The topological polar surface area (TPSA) is 37.8 Å². The van der Waals surface area contributed by atoms with Crippen molar-refractivity contribution in [3.05, 3.63) is 53.9 Å². The Bertz CT molecular complexity index is 445. The molecule has 3 nitrogen and oxygen atoms in total. The summed E-state index contributed by atoms with van der Waals surface area (Å²) in [6.45, 7) is 0.703. The van der Waals surface area contributed by atoms with Crippen LogP contribution in [0.15, 0.2) is 42.7 Å². The van der Waals surface area contributed by atoms with Gasteiger partial charge in [0.1, 0.15) is 0 Å². The maximum Gasteiger partial charge on any atom is 0.222 e. The SMILES string of the molecule is ClCc1cccc(CNc2ncccn2)c1. The second kappa shape index (κ2) is 5.47. The van der Waals surface area contributed by atoms with Crippen LogP contribution < -0.4 is 5.32 Å². The van der Waals surface area contributed by atoms with Crippen LogP contribution in [0.3, 0.4) is 0 Å². The molecule has 2 aromatic rings. The minimum absolute atomic E-state index is 0.537. The van der Waals surface area contributed by atoms with Gasteiger partial charge in [-0.05, 0) is 17.2 Å². The van der Waals surface area contributed by atoms with Crippen LogP contribution >= 0.6 is 11.6 Å². The van der Waals surface area contributed by atoms with Crippen molar-refractivity contribution in [2.75, 3.05) is 5.32 Å². The van der Waals surface area contributed by atoms with Gasteiger partial charge in [0.15, 0.2) is 0 Å². The zero-order valence-corrected chi connectivity index (χ0v) is 9.48. The van der Waals surface area contributed by atoms with Gasteiger partial charge in [-0.25, -0.2) is 9.97 Å². The molecule has 0 radical (unpaired) electrons. The fraction of sp³-hybridized carbons (Fsp3) is 0.167. The molecule has 2 rings (SSSR count). The van der Waals surface area contributed by atoms with E-state index in [1.165, 1.54) is 5.56 Å². The molecule has 0 amide bonds. The van der Waals surface area contributed by atoms with E-state index in [0.29, 0.717) is 18.4 Å². The van der Waals surface area contributed by atoms with Gasteiger partial charge in [-0.3, -0.25) is 0 Å². The van der Waals surface area contributed by atoms with Crippen LogP contribution in [-0.4, -0.2) is 9.97 Å². The Morgan fingerprint density at radius 2 is 1.81 bits per heavy atom. The summed E-state index contributed by atoms with van der Waals surface area (Å²) in [6.07, 6.45) is 3.43. The van der Waals surface area contributed by atoms with Gasteiger partial charge in [0.25, 0.3) is 0 Å². The van der Waals surface area contributed by atoms with Crippen molar-refractivity contribution in [1.82, 2.24) is 9.97 Å². The van der Waals surface area contributed by atoms with Crippen molar-refractivity contribution in [3.63, 3.8) is 0 Å². The molecule has 1 N–H and O–H groups in total. The Morgan fingerprint density at radius 3 is 2.56 bits per heavy atom. The summed E-state index contributed by atoms with van der Waals surface area (Å²) in [5, 5.41) is 3.15. The number of rotatable bonds is 4. The molecule has 0 fully saturated rings. The van der Waals surface area contributed by atoms with Crippen LogP contribution in [0, 0.1) is 0 Å². The zero-order chi connectivity index (χ0) is 11.2. The molecule has 1 heterocycles.